The molecule has 0 saturated carbocycles. The largest absolute Gasteiger partial charge is 0.312 e. The molecule has 0 unspecified atom stereocenters. The van der Waals surface area contributed by atoms with E-state index in [9.17, 15) is 0 Å². The smallest absolute Gasteiger partial charge is 0.252 e. The summed E-state index contributed by atoms with van der Waals surface area (Å²) in [5.41, 5.74) is 34.0. The first kappa shape index (κ1) is 45.3. The van der Waals surface area contributed by atoms with Gasteiger partial charge in [-0.1, -0.05) is 188 Å². The average Bonchev–Trinajstić information content (AvgIpc) is 1.79. The zero-order chi connectivity index (χ0) is 56.1. The summed E-state index contributed by atoms with van der Waals surface area (Å²) in [7, 11) is 0. The number of anilines is 9. The van der Waals surface area contributed by atoms with Crippen LogP contribution in [0, 0.1) is 0 Å². The van der Waals surface area contributed by atoms with E-state index in [1.165, 1.54) is 160 Å². The van der Waals surface area contributed by atoms with Crippen LogP contribution in [0.3, 0.4) is 0 Å². The molecule has 0 radical (unpaired) electrons. The van der Waals surface area contributed by atoms with Crippen molar-refractivity contribution >= 4 is 186 Å². The Morgan fingerprint density at radius 2 is 0.609 bits per heavy atom. The van der Waals surface area contributed by atoms with Gasteiger partial charge in [-0.2, -0.15) is 0 Å². The maximum Gasteiger partial charge on any atom is 0.252 e. The molecular formula is C78H45B3N6. The Morgan fingerprint density at radius 1 is 0.241 bits per heavy atom. The lowest BCUT2D eigenvalue weighted by molar-refractivity contribution is 1.13. The molecule has 0 N–H and O–H groups in total. The van der Waals surface area contributed by atoms with Crippen molar-refractivity contribution in [3.05, 3.63) is 273 Å². The van der Waals surface area contributed by atoms with E-state index in [0.29, 0.717) is 0 Å². The number of fused-ring (bicyclic) bond motifs is 23. The van der Waals surface area contributed by atoms with Gasteiger partial charge in [0, 0.05) is 100 Å². The number of benzene rings is 13. The lowest BCUT2D eigenvalue weighted by Crippen LogP contribution is -2.72. The zero-order valence-electron chi connectivity index (χ0n) is 46.9. The normalized spacial score (nSPS) is 13.9. The second-order valence-electron chi connectivity index (χ2n) is 24.6. The van der Waals surface area contributed by atoms with Crippen LogP contribution >= 0.6 is 0 Å². The molecule has 9 heteroatoms. The summed E-state index contributed by atoms with van der Waals surface area (Å²) in [6.07, 6.45) is 0. The van der Waals surface area contributed by atoms with Crippen molar-refractivity contribution in [3.8, 4) is 17.1 Å². The van der Waals surface area contributed by atoms with E-state index in [0.717, 1.165) is 22.7 Å². The van der Waals surface area contributed by atoms with E-state index >= 15 is 0 Å². The van der Waals surface area contributed by atoms with E-state index in [-0.39, 0.29) is 20.1 Å². The first-order chi connectivity index (χ1) is 43.2. The molecule has 0 atom stereocenters. The molecule has 0 fully saturated rings. The Morgan fingerprint density at radius 3 is 1.13 bits per heavy atom. The van der Waals surface area contributed by atoms with Crippen LogP contribution in [0.2, 0.25) is 0 Å². The van der Waals surface area contributed by atoms with Gasteiger partial charge in [0.1, 0.15) is 0 Å². The fraction of sp³-hybridized carbons (Fsp3) is 0. The Balaban J connectivity index is 0.922. The molecule has 22 rings (SSSR count). The van der Waals surface area contributed by atoms with E-state index in [4.69, 9.17) is 0 Å². The van der Waals surface area contributed by atoms with E-state index in [2.05, 4.69) is 301 Å². The molecule has 3 aromatic heterocycles. The van der Waals surface area contributed by atoms with Crippen molar-refractivity contribution in [1.82, 2.24) is 13.7 Å². The van der Waals surface area contributed by atoms with Crippen LogP contribution in [0.4, 0.5) is 51.2 Å². The Bertz CT molecular complexity index is 5750. The van der Waals surface area contributed by atoms with E-state index in [1.807, 2.05) is 0 Å². The number of rotatable bonds is 4. The second kappa shape index (κ2) is 16.0. The van der Waals surface area contributed by atoms with Gasteiger partial charge in [-0.25, -0.2) is 0 Å². The van der Waals surface area contributed by atoms with Crippen molar-refractivity contribution in [2.45, 2.75) is 0 Å². The average molecular weight is 1100 g/mol. The highest BCUT2D eigenvalue weighted by Crippen LogP contribution is 2.51. The number of para-hydroxylation sites is 10. The molecule has 396 valence electrons. The molecule has 6 aliphatic rings. The van der Waals surface area contributed by atoms with Crippen molar-refractivity contribution in [2.24, 2.45) is 0 Å². The number of hydrogen-bond donors (Lipinski definition) is 0. The minimum Gasteiger partial charge on any atom is -0.312 e. The molecule has 0 spiro atoms. The third kappa shape index (κ3) is 5.42. The zero-order valence-corrected chi connectivity index (χ0v) is 46.9. The maximum absolute atomic E-state index is 2.73. The topological polar surface area (TPSA) is 24.5 Å². The standard InChI is InChI=1S/C78H45B3N6/c1-3-21-46(22-4-1)82(47-23-5-2-6-24-47)48-41-68-72-70(42-48)86-66-39-17-11-31-56(66)79-57-32-12-18-40-67(57)87-71-44-49(83-62-35-13-7-25-50(62)51-26-8-14-36-63(51)83)43-69-73(71)81(59-34-20-30-55-53-28-10-16-38-65(53)85(69)76(55)59)61-45-60(77(86)74(79)78(61)87)80(72)58-33-19-29-54-52-27-9-15-37-64(52)84(68)75(54)58/h1-45H. The van der Waals surface area contributed by atoms with Crippen molar-refractivity contribution < 1.29 is 0 Å². The van der Waals surface area contributed by atoms with Crippen LogP contribution in [0.5, 0.6) is 0 Å². The number of aromatic nitrogens is 3. The molecular weight excluding hydrogens is 1050 g/mol. The molecule has 16 aromatic rings. The summed E-state index contributed by atoms with van der Waals surface area (Å²) < 4.78 is 7.78. The minimum absolute atomic E-state index is 0.0545. The summed E-state index contributed by atoms with van der Waals surface area (Å²) in [4.78, 5) is 7.92. The quantitative estimate of drug-likeness (QED) is 0.164. The summed E-state index contributed by atoms with van der Waals surface area (Å²) in [5.74, 6) is 0. The fourth-order valence-corrected chi connectivity index (χ4v) is 17.7. The van der Waals surface area contributed by atoms with Gasteiger partial charge in [0.25, 0.3) is 20.1 Å². The summed E-state index contributed by atoms with van der Waals surface area (Å²) >= 11 is 0. The van der Waals surface area contributed by atoms with Crippen molar-refractivity contribution in [3.63, 3.8) is 0 Å². The number of hydrogen-bond acceptors (Lipinski definition) is 3. The maximum atomic E-state index is 2.73. The molecule has 0 aliphatic carbocycles. The predicted molar refractivity (Wildman–Crippen MR) is 367 cm³/mol. The Kier molecular flexibility index (Phi) is 8.32. The molecule has 13 aromatic carbocycles. The minimum atomic E-state index is -0.0971. The summed E-state index contributed by atoms with van der Waals surface area (Å²) in [6, 6.07) is 104. The summed E-state index contributed by atoms with van der Waals surface area (Å²) in [5, 5.41) is 7.62. The third-order valence-corrected chi connectivity index (χ3v) is 20.7. The van der Waals surface area contributed by atoms with Crippen LogP contribution in [-0.2, 0) is 0 Å². The fourth-order valence-electron chi connectivity index (χ4n) is 17.7. The molecule has 0 bridgehead atoms. The van der Waals surface area contributed by atoms with Crippen molar-refractivity contribution in [1.29, 1.82) is 0 Å². The van der Waals surface area contributed by atoms with Gasteiger partial charge in [-0.3, -0.25) is 0 Å². The van der Waals surface area contributed by atoms with Gasteiger partial charge in [0.05, 0.1) is 33.4 Å². The first-order valence-electron chi connectivity index (χ1n) is 30.5. The van der Waals surface area contributed by atoms with Gasteiger partial charge >= 0.3 is 0 Å². The molecule has 0 saturated heterocycles. The molecule has 87 heavy (non-hydrogen) atoms. The Labute approximate surface area is 501 Å². The Hall–Kier alpha value is -11.1. The molecule has 6 nitrogen and oxygen atoms in total. The highest BCUT2D eigenvalue weighted by molar-refractivity contribution is 7.07. The number of nitrogens with zero attached hydrogens (tertiary/aromatic N) is 6. The van der Waals surface area contributed by atoms with Crippen LogP contribution in [-0.4, -0.2) is 33.8 Å². The van der Waals surface area contributed by atoms with E-state index in [1.54, 1.807) is 0 Å². The van der Waals surface area contributed by atoms with Crippen LogP contribution < -0.4 is 63.9 Å². The van der Waals surface area contributed by atoms with Crippen LogP contribution in [0.15, 0.2) is 273 Å². The molecule has 9 heterocycles. The van der Waals surface area contributed by atoms with Gasteiger partial charge in [-0.05, 0) is 134 Å². The van der Waals surface area contributed by atoms with Crippen molar-refractivity contribution in [2.75, 3.05) is 14.7 Å². The van der Waals surface area contributed by atoms with E-state index < -0.39 is 0 Å². The monoisotopic (exact) mass is 1100 g/mol. The van der Waals surface area contributed by atoms with Gasteiger partial charge in [0.15, 0.2) is 0 Å². The van der Waals surface area contributed by atoms with Gasteiger partial charge < -0.3 is 28.4 Å². The highest BCUT2D eigenvalue weighted by atomic mass is 15.2. The lowest BCUT2D eigenvalue weighted by atomic mass is 9.26. The summed E-state index contributed by atoms with van der Waals surface area (Å²) in [6.45, 7) is -0.243. The highest BCUT2D eigenvalue weighted by Gasteiger charge is 2.54. The SMILES string of the molecule is c1ccc(N(c2ccccc2)c2cc3c4c(c2)-n2c5ccccc5c5cccc(c52)B4c2cc4c5c6c2N3c2ccccc2B6c2ccccc2N5c2cc(-n3c5ccccc5c5ccccc53)cc3c2B4c2cccc4c5ccccc5n-3c24)cc1. The molecule has 6 aliphatic heterocycles. The van der Waals surface area contributed by atoms with Gasteiger partial charge in [0.2, 0.25) is 0 Å². The van der Waals surface area contributed by atoms with Crippen LogP contribution in [0.25, 0.3) is 82.5 Å². The van der Waals surface area contributed by atoms with Crippen LogP contribution in [0.1, 0.15) is 0 Å². The third-order valence-electron chi connectivity index (χ3n) is 20.7. The first-order valence-corrected chi connectivity index (χ1v) is 30.5. The lowest BCUT2D eigenvalue weighted by Gasteiger charge is -2.52. The van der Waals surface area contributed by atoms with Gasteiger partial charge in [-0.15, -0.1) is 0 Å². The predicted octanol–water partition coefficient (Wildman–Crippen LogP) is 12.8. The second-order valence-corrected chi connectivity index (χ2v) is 24.6. The molecule has 0 amide bonds.